The normalized spacial score (nSPS) is 12.2. The Morgan fingerprint density at radius 1 is 1.35 bits per heavy atom. The van der Waals surface area contributed by atoms with Gasteiger partial charge >= 0.3 is 0 Å². The lowest BCUT2D eigenvalue weighted by atomic mass is 9.94. The second kappa shape index (κ2) is 9.10. The average molecular weight is 319 g/mol. The predicted octanol–water partition coefficient (Wildman–Crippen LogP) is 3.27. The number of rotatable bonds is 8. The topological polar surface area (TPSA) is 80.9 Å². The molecule has 0 bridgehead atoms. The van der Waals surface area contributed by atoms with Gasteiger partial charge < -0.3 is 11.1 Å². The van der Waals surface area contributed by atoms with Gasteiger partial charge in [0, 0.05) is 12.5 Å². The number of nitrogens with two attached hydrogens (primary N) is 1. The van der Waals surface area contributed by atoms with Gasteiger partial charge in [0.25, 0.3) is 0 Å². The highest BCUT2D eigenvalue weighted by Gasteiger charge is 2.11. The molecular formula is C13H20Cl2N4O. The van der Waals surface area contributed by atoms with Crippen molar-refractivity contribution in [1.29, 1.82) is 0 Å². The van der Waals surface area contributed by atoms with E-state index in [1.54, 1.807) is 0 Å². The summed E-state index contributed by atoms with van der Waals surface area (Å²) in [6.45, 7) is 2.79. The van der Waals surface area contributed by atoms with E-state index < -0.39 is 0 Å². The number of hydrogen-bond donors (Lipinski definition) is 2. The van der Waals surface area contributed by atoms with Crippen LogP contribution in [-0.2, 0) is 4.79 Å². The summed E-state index contributed by atoms with van der Waals surface area (Å²) in [4.78, 5) is 19.5. The maximum Gasteiger partial charge on any atom is 0.225 e. The van der Waals surface area contributed by atoms with Gasteiger partial charge in [-0.3, -0.25) is 4.79 Å². The molecule has 1 aromatic rings. The number of anilines is 1. The molecule has 5 nitrogen and oxygen atoms in total. The molecule has 1 unspecified atom stereocenters. The van der Waals surface area contributed by atoms with Crippen LogP contribution in [0.4, 0.5) is 5.82 Å². The summed E-state index contributed by atoms with van der Waals surface area (Å²) in [7, 11) is 0. The van der Waals surface area contributed by atoms with Gasteiger partial charge in [0.05, 0.1) is 0 Å². The Labute approximate surface area is 129 Å². The largest absolute Gasteiger partial charge is 0.330 e. The number of carbonyl (C=O) groups excluding carboxylic acids is 1. The van der Waals surface area contributed by atoms with Crippen LogP contribution in [0.2, 0.25) is 10.4 Å². The summed E-state index contributed by atoms with van der Waals surface area (Å²) >= 11 is 11.4. The minimum absolute atomic E-state index is 0.0137. The van der Waals surface area contributed by atoms with E-state index in [9.17, 15) is 4.79 Å². The Kier molecular flexibility index (Phi) is 7.80. The fraction of sp³-hybridized carbons (Fsp3) is 0.615. The van der Waals surface area contributed by atoms with E-state index in [0.29, 0.717) is 24.7 Å². The molecular weight excluding hydrogens is 299 g/mol. The van der Waals surface area contributed by atoms with Crippen molar-refractivity contribution in [3.63, 3.8) is 0 Å². The molecule has 1 heterocycles. The summed E-state index contributed by atoms with van der Waals surface area (Å²) < 4.78 is 0. The molecule has 1 aromatic heterocycles. The number of halogens is 2. The Morgan fingerprint density at radius 2 is 2.10 bits per heavy atom. The molecule has 0 aliphatic rings. The van der Waals surface area contributed by atoms with Gasteiger partial charge in [-0.05, 0) is 36.9 Å². The number of nitrogens with one attached hydrogen (secondary N) is 1. The highest BCUT2D eigenvalue weighted by molar-refractivity contribution is 6.32. The van der Waals surface area contributed by atoms with Gasteiger partial charge in [-0.25, -0.2) is 9.97 Å². The predicted molar refractivity (Wildman–Crippen MR) is 82.0 cm³/mol. The quantitative estimate of drug-likeness (QED) is 0.569. The van der Waals surface area contributed by atoms with Gasteiger partial charge in [0.2, 0.25) is 11.2 Å². The molecule has 112 valence electrons. The van der Waals surface area contributed by atoms with Gasteiger partial charge in [-0.1, -0.05) is 31.4 Å². The van der Waals surface area contributed by atoms with E-state index in [-0.39, 0.29) is 16.3 Å². The molecule has 0 aliphatic carbocycles. The Morgan fingerprint density at radius 3 is 2.70 bits per heavy atom. The highest BCUT2D eigenvalue weighted by Crippen LogP contribution is 2.18. The van der Waals surface area contributed by atoms with Crippen LogP contribution in [-0.4, -0.2) is 22.4 Å². The molecule has 0 aromatic carbocycles. The SMILES string of the molecule is CCCC(CCN)CCC(=O)Nc1cc(Cl)nc(Cl)n1. The monoisotopic (exact) mass is 318 g/mol. The van der Waals surface area contributed by atoms with Crippen molar-refractivity contribution in [2.45, 2.75) is 39.0 Å². The minimum Gasteiger partial charge on any atom is -0.330 e. The molecule has 20 heavy (non-hydrogen) atoms. The first kappa shape index (κ1) is 17.1. The maximum absolute atomic E-state index is 11.9. The molecule has 0 aliphatic heterocycles. The second-order valence-electron chi connectivity index (χ2n) is 4.66. The Balaban J connectivity index is 2.46. The molecule has 3 N–H and O–H groups in total. The van der Waals surface area contributed by atoms with Crippen molar-refractivity contribution < 1.29 is 4.79 Å². The fourth-order valence-corrected chi connectivity index (χ4v) is 2.48. The van der Waals surface area contributed by atoms with Crippen molar-refractivity contribution in [3.05, 3.63) is 16.5 Å². The second-order valence-corrected chi connectivity index (χ2v) is 5.39. The molecule has 0 saturated carbocycles. The number of nitrogens with zero attached hydrogens (tertiary/aromatic N) is 2. The van der Waals surface area contributed by atoms with E-state index in [1.165, 1.54) is 6.07 Å². The lowest BCUT2D eigenvalue weighted by Gasteiger charge is -2.14. The van der Waals surface area contributed by atoms with Crippen molar-refractivity contribution >= 4 is 34.9 Å². The third-order valence-corrected chi connectivity index (χ3v) is 3.35. The maximum atomic E-state index is 11.9. The van der Waals surface area contributed by atoms with Gasteiger partial charge in [0.1, 0.15) is 11.0 Å². The molecule has 0 spiro atoms. The van der Waals surface area contributed by atoms with Crippen LogP contribution < -0.4 is 11.1 Å². The van der Waals surface area contributed by atoms with E-state index in [2.05, 4.69) is 22.2 Å². The molecule has 7 heteroatoms. The van der Waals surface area contributed by atoms with Crippen LogP contribution in [0.1, 0.15) is 39.0 Å². The van der Waals surface area contributed by atoms with Gasteiger partial charge in [-0.15, -0.1) is 0 Å². The number of hydrogen-bond acceptors (Lipinski definition) is 4. The van der Waals surface area contributed by atoms with Crippen LogP contribution in [0.5, 0.6) is 0 Å². The smallest absolute Gasteiger partial charge is 0.225 e. The lowest BCUT2D eigenvalue weighted by Crippen LogP contribution is -2.16. The van der Waals surface area contributed by atoms with Crippen molar-refractivity contribution in [2.24, 2.45) is 11.7 Å². The first-order valence-electron chi connectivity index (χ1n) is 6.75. The van der Waals surface area contributed by atoms with Crippen LogP contribution in [0.25, 0.3) is 0 Å². The zero-order valence-corrected chi connectivity index (χ0v) is 13.0. The standard InChI is InChI=1S/C13H20Cl2N4O/c1-2-3-9(6-7-16)4-5-12(20)18-11-8-10(14)17-13(15)19-11/h8-9H,2-7,16H2,1H3,(H,17,18,19,20). The highest BCUT2D eigenvalue weighted by atomic mass is 35.5. The third-order valence-electron chi connectivity index (χ3n) is 2.99. The number of carbonyl (C=O) groups is 1. The van der Waals surface area contributed by atoms with Gasteiger partial charge in [-0.2, -0.15) is 0 Å². The molecule has 1 amide bonds. The summed E-state index contributed by atoms with van der Waals surface area (Å²) in [5, 5.41) is 2.89. The summed E-state index contributed by atoms with van der Waals surface area (Å²) in [6.07, 6.45) is 4.40. The van der Waals surface area contributed by atoms with Crippen LogP contribution in [0.15, 0.2) is 6.07 Å². The van der Waals surface area contributed by atoms with E-state index in [4.69, 9.17) is 28.9 Å². The summed E-state index contributed by atoms with van der Waals surface area (Å²) in [5.41, 5.74) is 5.58. The van der Waals surface area contributed by atoms with E-state index in [1.807, 2.05) is 0 Å². The number of amides is 1. The number of aromatic nitrogens is 2. The molecule has 0 fully saturated rings. The lowest BCUT2D eigenvalue weighted by molar-refractivity contribution is -0.116. The van der Waals surface area contributed by atoms with Crippen LogP contribution in [0, 0.1) is 5.92 Å². The molecule has 0 radical (unpaired) electrons. The van der Waals surface area contributed by atoms with Crippen molar-refractivity contribution in [2.75, 3.05) is 11.9 Å². The zero-order chi connectivity index (χ0) is 15.0. The van der Waals surface area contributed by atoms with E-state index in [0.717, 1.165) is 25.7 Å². The first-order chi connectivity index (χ1) is 9.55. The molecule has 1 rings (SSSR count). The van der Waals surface area contributed by atoms with Crippen LogP contribution in [0.3, 0.4) is 0 Å². The average Bonchev–Trinajstić information content (AvgIpc) is 2.35. The van der Waals surface area contributed by atoms with Crippen molar-refractivity contribution in [1.82, 2.24) is 9.97 Å². The molecule has 0 saturated heterocycles. The summed E-state index contributed by atoms with van der Waals surface area (Å²) in [5.74, 6) is 0.716. The van der Waals surface area contributed by atoms with Crippen LogP contribution >= 0.6 is 23.2 Å². The zero-order valence-electron chi connectivity index (χ0n) is 11.5. The minimum atomic E-state index is -0.103. The third kappa shape index (κ3) is 6.50. The first-order valence-corrected chi connectivity index (χ1v) is 7.50. The Hall–Kier alpha value is -0.910. The van der Waals surface area contributed by atoms with Crippen molar-refractivity contribution in [3.8, 4) is 0 Å². The Bertz CT molecular complexity index is 416. The fourth-order valence-electron chi connectivity index (χ4n) is 2.07. The summed E-state index contributed by atoms with van der Waals surface area (Å²) in [6, 6.07) is 1.47. The molecule has 1 atom stereocenters. The van der Waals surface area contributed by atoms with Gasteiger partial charge in [0.15, 0.2) is 0 Å². The van der Waals surface area contributed by atoms with E-state index >= 15 is 0 Å².